The van der Waals surface area contributed by atoms with E-state index in [0.717, 1.165) is 11.8 Å². The molecule has 1 aromatic rings. The van der Waals surface area contributed by atoms with Crippen LogP contribution in [0.15, 0.2) is 24.3 Å². The minimum Gasteiger partial charge on any atom is -0.508 e. The van der Waals surface area contributed by atoms with Gasteiger partial charge in [0.15, 0.2) is 6.04 Å². The number of carboxylic acids is 2. The monoisotopic (exact) mass is 383 g/mol. The Kier molecular flexibility index (Phi) is 5.79. The summed E-state index contributed by atoms with van der Waals surface area (Å²) in [6, 6.07) is 2.20. The first-order chi connectivity index (χ1) is 12.0. The van der Waals surface area contributed by atoms with Crippen LogP contribution >= 0.6 is 11.8 Å². The predicted octanol–water partition coefficient (Wildman–Crippen LogP) is -0.144. The van der Waals surface area contributed by atoms with Gasteiger partial charge in [0.25, 0.3) is 0 Å². The topological polar surface area (TPSA) is 162 Å². The quantitative estimate of drug-likeness (QED) is 0.392. The van der Waals surface area contributed by atoms with Crippen molar-refractivity contribution in [3.05, 3.63) is 29.8 Å². The number of thioether (sulfide) groups is 1. The number of carboxylic acid groups (broad SMARTS) is 2. The zero-order chi connectivity index (χ0) is 19.6. The van der Waals surface area contributed by atoms with Crippen molar-refractivity contribution in [2.75, 3.05) is 0 Å². The third-order valence-corrected chi connectivity index (χ3v) is 5.61. The number of benzene rings is 1. The molecule has 3 unspecified atom stereocenters. The maximum Gasteiger partial charge on any atom is 0.328 e. The molecule has 10 heteroatoms. The number of aromatic hydroxyl groups is 1. The third-order valence-electron chi connectivity index (χ3n) is 4.11. The normalized spacial score (nSPS) is 23.8. The van der Waals surface area contributed by atoms with E-state index in [4.69, 9.17) is 5.73 Å². The lowest BCUT2D eigenvalue weighted by atomic mass is 10.0. The van der Waals surface area contributed by atoms with Crippen LogP contribution in [0.3, 0.4) is 0 Å². The molecule has 0 bridgehead atoms. The second-order valence-electron chi connectivity index (χ2n) is 6.47. The van der Waals surface area contributed by atoms with Gasteiger partial charge in [-0.1, -0.05) is 12.1 Å². The predicted molar refractivity (Wildman–Crippen MR) is 94.6 cm³/mol. The van der Waals surface area contributed by atoms with Gasteiger partial charge in [0, 0.05) is 4.75 Å². The van der Waals surface area contributed by atoms with E-state index in [1.807, 2.05) is 0 Å². The van der Waals surface area contributed by atoms with E-state index >= 15 is 0 Å². The summed E-state index contributed by atoms with van der Waals surface area (Å²) < 4.78 is -0.756. The van der Waals surface area contributed by atoms with Crippen molar-refractivity contribution in [2.24, 2.45) is 5.73 Å². The number of carbonyl (C=O) groups excluding carboxylic acids is 1. The van der Waals surface area contributed by atoms with E-state index in [-0.39, 0.29) is 5.75 Å². The van der Waals surface area contributed by atoms with Crippen molar-refractivity contribution >= 4 is 29.6 Å². The number of rotatable bonds is 6. The number of hydrogen-bond donors (Lipinski definition) is 6. The summed E-state index contributed by atoms with van der Waals surface area (Å²) in [5.41, 5.74) is 6.26. The van der Waals surface area contributed by atoms with Crippen molar-refractivity contribution in [3.63, 3.8) is 0 Å². The van der Waals surface area contributed by atoms with Crippen LogP contribution in [0.5, 0.6) is 5.75 Å². The number of nitrogens with one attached hydrogen (secondary N) is 2. The van der Waals surface area contributed by atoms with Gasteiger partial charge in [-0.25, -0.2) is 4.79 Å². The molecule has 0 saturated carbocycles. The Bertz CT molecular complexity index is 708. The van der Waals surface area contributed by atoms with Crippen LogP contribution < -0.4 is 16.4 Å². The van der Waals surface area contributed by atoms with Crippen LogP contribution in [0.1, 0.15) is 25.5 Å². The SMILES string of the molecule is CC1(C)SC(C(NC(=O)C(N)c2ccc(O)cc2)C(=O)O)N[C@H]1C(=O)O. The summed E-state index contributed by atoms with van der Waals surface area (Å²) in [6.45, 7) is 3.37. The van der Waals surface area contributed by atoms with Gasteiger partial charge in [-0.3, -0.25) is 14.9 Å². The first kappa shape index (κ1) is 20.0. The molecule has 1 aliphatic heterocycles. The number of phenols is 1. The minimum atomic E-state index is -1.36. The lowest BCUT2D eigenvalue weighted by molar-refractivity contribution is -0.143. The highest BCUT2D eigenvalue weighted by atomic mass is 32.2. The fraction of sp³-hybridized carbons (Fsp3) is 0.438. The van der Waals surface area contributed by atoms with Gasteiger partial charge in [0.2, 0.25) is 5.91 Å². The number of carbonyl (C=O) groups is 3. The van der Waals surface area contributed by atoms with Crippen LogP contribution in [-0.2, 0) is 14.4 Å². The zero-order valence-corrected chi connectivity index (χ0v) is 15.0. The molecule has 142 valence electrons. The lowest BCUT2D eigenvalue weighted by Gasteiger charge is -2.23. The molecule has 7 N–H and O–H groups in total. The highest BCUT2D eigenvalue weighted by Crippen LogP contribution is 2.39. The molecular weight excluding hydrogens is 362 g/mol. The molecule has 4 atom stereocenters. The van der Waals surface area contributed by atoms with E-state index in [0.29, 0.717) is 5.56 Å². The van der Waals surface area contributed by atoms with Crippen LogP contribution in [0.2, 0.25) is 0 Å². The van der Waals surface area contributed by atoms with Crippen molar-refractivity contribution in [1.29, 1.82) is 0 Å². The average Bonchev–Trinajstić information content (AvgIpc) is 2.87. The fourth-order valence-electron chi connectivity index (χ4n) is 2.67. The van der Waals surface area contributed by atoms with Gasteiger partial charge >= 0.3 is 11.9 Å². The van der Waals surface area contributed by atoms with Crippen molar-refractivity contribution < 1.29 is 29.7 Å². The molecular formula is C16H21N3O6S. The molecule has 0 aromatic heterocycles. The van der Waals surface area contributed by atoms with Gasteiger partial charge in [-0.05, 0) is 31.5 Å². The minimum absolute atomic E-state index is 0.0123. The highest BCUT2D eigenvalue weighted by molar-refractivity contribution is 8.01. The number of phenolic OH excluding ortho intramolecular Hbond substituents is 1. The molecule has 1 amide bonds. The van der Waals surface area contributed by atoms with Gasteiger partial charge in [0.1, 0.15) is 17.8 Å². The smallest absolute Gasteiger partial charge is 0.328 e. The summed E-state index contributed by atoms with van der Waals surface area (Å²) in [6.07, 6.45) is 0. The maximum atomic E-state index is 12.4. The lowest BCUT2D eigenvalue weighted by Crippen LogP contribution is -2.55. The molecule has 1 fully saturated rings. The van der Waals surface area contributed by atoms with E-state index in [9.17, 15) is 29.7 Å². The van der Waals surface area contributed by atoms with E-state index in [1.54, 1.807) is 13.8 Å². The standard InChI is InChI=1S/C16H21N3O6S/c1-16(2)11(15(24)25)19-13(26-16)10(14(22)23)18-12(21)9(17)7-3-5-8(20)6-4-7/h3-6,9-11,13,19-20H,17H2,1-2H3,(H,18,21)(H,22,23)(H,24,25)/t9?,10?,11-,13?/m0/s1. The third kappa shape index (κ3) is 4.26. The molecule has 0 aliphatic carbocycles. The summed E-state index contributed by atoms with van der Waals surface area (Å²) in [7, 11) is 0. The van der Waals surface area contributed by atoms with Crippen LogP contribution in [0.4, 0.5) is 0 Å². The Balaban J connectivity index is 2.13. The largest absolute Gasteiger partial charge is 0.508 e. The van der Waals surface area contributed by atoms with E-state index in [2.05, 4.69) is 10.6 Å². The van der Waals surface area contributed by atoms with Crippen LogP contribution in [0.25, 0.3) is 0 Å². The number of nitrogens with two attached hydrogens (primary N) is 1. The molecule has 26 heavy (non-hydrogen) atoms. The maximum absolute atomic E-state index is 12.4. The number of aliphatic carboxylic acids is 2. The summed E-state index contributed by atoms with van der Waals surface area (Å²) in [5.74, 6) is -3.11. The number of amides is 1. The van der Waals surface area contributed by atoms with Crippen molar-refractivity contribution in [3.8, 4) is 5.75 Å². The van der Waals surface area contributed by atoms with Crippen molar-refractivity contribution in [1.82, 2.24) is 10.6 Å². The Morgan fingerprint density at radius 2 is 1.81 bits per heavy atom. The van der Waals surface area contributed by atoms with Gasteiger partial charge in [0.05, 0.1) is 5.37 Å². The van der Waals surface area contributed by atoms with Gasteiger partial charge in [-0.2, -0.15) is 0 Å². The Morgan fingerprint density at radius 3 is 2.27 bits per heavy atom. The second-order valence-corrected chi connectivity index (χ2v) is 8.27. The molecule has 1 heterocycles. The van der Waals surface area contributed by atoms with Gasteiger partial charge < -0.3 is 26.4 Å². The van der Waals surface area contributed by atoms with E-state index in [1.165, 1.54) is 24.3 Å². The first-order valence-corrected chi connectivity index (χ1v) is 8.65. The second kappa shape index (κ2) is 7.52. The van der Waals surface area contributed by atoms with Crippen molar-refractivity contribution in [2.45, 2.75) is 42.1 Å². The summed E-state index contributed by atoms with van der Waals surface area (Å²) >= 11 is 1.13. The van der Waals surface area contributed by atoms with E-state index < -0.39 is 46.1 Å². The first-order valence-electron chi connectivity index (χ1n) is 7.77. The zero-order valence-electron chi connectivity index (χ0n) is 14.2. The van der Waals surface area contributed by atoms with Crippen LogP contribution in [0, 0.1) is 0 Å². The average molecular weight is 383 g/mol. The Morgan fingerprint density at radius 1 is 1.23 bits per heavy atom. The highest BCUT2D eigenvalue weighted by Gasteiger charge is 2.49. The summed E-state index contributed by atoms with van der Waals surface area (Å²) in [4.78, 5) is 35.3. The molecule has 2 rings (SSSR count). The summed E-state index contributed by atoms with van der Waals surface area (Å²) in [5, 5.41) is 32.3. The van der Waals surface area contributed by atoms with Crippen LogP contribution in [-0.4, -0.2) is 55.4 Å². The molecule has 1 aliphatic rings. The van der Waals surface area contributed by atoms with Gasteiger partial charge in [-0.15, -0.1) is 11.8 Å². The molecule has 9 nitrogen and oxygen atoms in total. The molecule has 1 saturated heterocycles. The number of hydrogen-bond acceptors (Lipinski definition) is 7. The fourth-order valence-corrected chi connectivity index (χ4v) is 4.15. The molecule has 1 aromatic carbocycles. The molecule has 0 radical (unpaired) electrons. The Labute approximate surface area is 154 Å². The molecule has 0 spiro atoms. The Hall–Kier alpha value is -2.30.